The van der Waals surface area contributed by atoms with Crippen molar-refractivity contribution in [3.8, 4) is 5.69 Å². The summed E-state index contributed by atoms with van der Waals surface area (Å²) >= 11 is 0. The zero-order valence-electron chi connectivity index (χ0n) is 15.1. The number of pyridine rings is 2. The molecule has 0 aliphatic rings. The van der Waals surface area contributed by atoms with Crippen LogP contribution in [-0.2, 0) is 0 Å². The van der Waals surface area contributed by atoms with Crippen LogP contribution in [0.25, 0.3) is 5.69 Å². The van der Waals surface area contributed by atoms with E-state index in [1.54, 1.807) is 24.3 Å². The van der Waals surface area contributed by atoms with Crippen molar-refractivity contribution >= 4 is 23.7 Å². The summed E-state index contributed by atoms with van der Waals surface area (Å²) in [5.41, 5.74) is 1.51. The molecule has 29 heavy (non-hydrogen) atoms. The minimum atomic E-state index is -0.385. The number of hydrogen-bond donors (Lipinski definition) is 2. The molecule has 142 valence electrons. The summed E-state index contributed by atoms with van der Waals surface area (Å²) in [7, 11) is 0. The Hall–Kier alpha value is -4.40. The van der Waals surface area contributed by atoms with Gasteiger partial charge in [-0.25, -0.2) is 0 Å². The van der Waals surface area contributed by atoms with Crippen LogP contribution in [0.4, 0.5) is 11.9 Å². The Morgan fingerprint density at radius 2 is 1.28 bits per heavy atom. The molecule has 2 amide bonds. The standard InChI is InChI=1S/C20H15N7O2/c28-17(14-6-10-21-11-7-14)23-19-25-20(24-18(29)15-8-12-22-13-9-15)27(26-19)16-4-2-1-3-5-16/h1-13H,(H2,23,24,25,26,28,29). The van der Waals surface area contributed by atoms with Gasteiger partial charge in [0.15, 0.2) is 0 Å². The average Bonchev–Trinajstić information content (AvgIpc) is 3.17. The van der Waals surface area contributed by atoms with E-state index in [0.717, 1.165) is 0 Å². The van der Waals surface area contributed by atoms with Gasteiger partial charge in [-0.15, -0.1) is 5.10 Å². The molecule has 2 N–H and O–H groups in total. The van der Waals surface area contributed by atoms with Crippen LogP contribution in [0, 0.1) is 0 Å². The fourth-order valence-corrected chi connectivity index (χ4v) is 2.55. The van der Waals surface area contributed by atoms with Crippen LogP contribution in [-0.4, -0.2) is 36.5 Å². The van der Waals surface area contributed by atoms with Crippen molar-refractivity contribution in [3.05, 3.63) is 90.5 Å². The lowest BCUT2D eigenvalue weighted by Crippen LogP contribution is -2.16. The predicted molar refractivity (Wildman–Crippen MR) is 106 cm³/mol. The zero-order valence-corrected chi connectivity index (χ0v) is 15.1. The largest absolute Gasteiger partial charge is 0.290 e. The molecule has 0 atom stereocenters. The summed E-state index contributed by atoms with van der Waals surface area (Å²) in [6.45, 7) is 0. The summed E-state index contributed by atoms with van der Waals surface area (Å²) in [5.74, 6) is -0.530. The number of carbonyl (C=O) groups excluding carboxylic acids is 2. The molecule has 9 heteroatoms. The van der Waals surface area contributed by atoms with E-state index in [1.807, 2.05) is 30.3 Å². The van der Waals surface area contributed by atoms with Gasteiger partial charge >= 0.3 is 0 Å². The van der Waals surface area contributed by atoms with Crippen LogP contribution in [0.5, 0.6) is 0 Å². The summed E-state index contributed by atoms with van der Waals surface area (Å²) < 4.78 is 1.45. The molecule has 3 heterocycles. The molecular formula is C20H15N7O2. The van der Waals surface area contributed by atoms with Gasteiger partial charge in [0.2, 0.25) is 5.95 Å². The lowest BCUT2D eigenvalue weighted by Gasteiger charge is -2.06. The molecule has 0 fully saturated rings. The number of carbonyl (C=O) groups is 2. The third-order valence-electron chi connectivity index (χ3n) is 3.94. The maximum Gasteiger partial charge on any atom is 0.258 e. The Labute approximate surface area is 165 Å². The number of nitrogens with one attached hydrogen (secondary N) is 2. The van der Waals surface area contributed by atoms with Crippen LogP contribution in [0.2, 0.25) is 0 Å². The van der Waals surface area contributed by atoms with Gasteiger partial charge in [-0.2, -0.15) is 9.67 Å². The molecule has 3 aromatic heterocycles. The van der Waals surface area contributed by atoms with Crippen molar-refractivity contribution < 1.29 is 9.59 Å². The van der Waals surface area contributed by atoms with Gasteiger partial charge in [0.25, 0.3) is 17.8 Å². The fourth-order valence-electron chi connectivity index (χ4n) is 2.55. The van der Waals surface area contributed by atoms with E-state index in [2.05, 4.69) is 30.7 Å². The lowest BCUT2D eigenvalue weighted by atomic mass is 10.2. The molecule has 4 aromatic rings. The number of benzene rings is 1. The van der Waals surface area contributed by atoms with Crippen LogP contribution in [0.3, 0.4) is 0 Å². The molecule has 4 rings (SSSR count). The number of aromatic nitrogens is 5. The topological polar surface area (TPSA) is 115 Å². The van der Waals surface area contributed by atoms with Gasteiger partial charge in [0.1, 0.15) is 0 Å². The number of anilines is 2. The molecule has 0 aliphatic heterocycles. The minimum Gasteiger partial charge on any atom is -0.290 e. The van der Waals surface area contributed by atoms with Gasteiger partial charge in [-0.3, -0.25) is 30.2 Å². The van der Waals surface area contributed by atoms with E-state index in [4.69, 9.17) is 0 Å². The predicted octanol–water partition coefficient (Wildman–Crippen LogP) is 2.56. The summed E-state index contributed by atoms with van der Waals surface area (Å²) in [5, 5.41) is 9.67. The van der Waals surface area contributed by atoms with E-state index >= 15 is 0 Å². The maximum atomic E-state index is 12.5. The van der Waals surface area contributed by atoms with Crippen molar-refractivity contribution in [2.45, 2.75) is 0 Å². The van der Waals surface area contributed by atoms with Gasteiger partial charge in [0.05, 0.1) is 5.69 Å². The van der Waals surface area contributed by atoms with Gasteiger partial charge < -0.3 is 0 Å². The lowest BCUT2D eigenvalue weighted by molar-refractivity contribution is 0.101. The summed E-state index contributed by atoms with van der Waals surface area (Å²) in [6.07, 6.45) is 6.09. The first-order valence-electron chi connectivity index (χ1n) is 8.66. The molecule has 0 bridgehead atoms. The van der Waals surface area contributed by atoms with Gasteiger partial charge in [-0.1, -0.05) is 18.2 Å². The highest BCUT2D eigenvalue weighted by Gasteiger charge is 2.17. The quantitative estimate of drug-likeness (QED) is 0.546. The first-order chi connectivity index (χ1) is 14.2. The average molecular weight is 385 g/mol. The van der Waals surface area contributed by atoms with Crippen LogP contribution < -0.4 is 10.6 Å². The zero-order chi connectivity index (χ0) is 20.1. The number of para-hydroxylation sites is 1. The van der Waals surface area contributed by atoms with Crippen LogP contribution in [0.1, 0.15) is 20.7 Å². The maximum absolute atomic E-state index is 12.5. The first-order valence-corrected chi connectivity index (χ1v) is 8.66. The fraction of sp³-hybridized carbons (Fsp3) is 0. The van der Waals surface area contributed by atoms with E-state index in [-0.39, 0.29) is 23.7 Å². The highest BCUT2D eigenvalue weighted by atomic mass is 16.2. The Morgan fingerprint density at radius 3 is 1.86 bits per heavy atom. The Bertz CT molecular complexity index is 1130. The number of nitrogens with zero attached hydrogens (tertiary/aromatic N) is 5. The van der Waals surface area contributed by atoms with Gasteiger partial charge in [-0.05, 0) is 36.4 Å². The molecule has 0 saturated carbocycles. The molecule has 9 nitrogen and oxygen atoms in total. The van der Waals surface area contributed by atoms with Crippen molar-refractivity contribution in [3.63, 3.8) is 0 Å². The van der Waals surface area contributed by atoms with E-state index in [9.17, 15) is 9.59 Å². The molecule has 1 aromatic carbocycles. The van der Waals surface area contributed by atoms with Crippen molar-refractivity contribution in [2.24, 2.45) is 0 Å². The Kier molecular flexibility index (Phi) is 5.02. The molecule has 0 spiro atoms. The monoisotopic (exact) mass is 385 g/mol. The third kappa shape index (κ3) is 4.14. The normalized spacial score (nSPS) is 10.3. The summed E-state index contributed by atoms with van der Waals surface area (Å²) in [4.78, 5) is 37.0. The summed E-state index contributed by atoms with van der Waals surface area (Å²) in [6, 6.07) is 15.5. The van der Waals surface area contributed by atoms with E-state index in [0.29, 0.717) is 16.8 Å². The third-order valence-corrected chi connectivity index (χ3v) is 3.94. The number of hydrogen-bond acceptors (Lipinski definition) is 6. The molecule has 0 radical (unpaired) electrons. The van der Waals surface area contributed by atoms with Crippen molar-refractivity contribution in [2.75, 3.05) is 10.6 Å². The smallest absolute Gasteiger partial charge is 0.258 e. The molecule has 0 unspecified atom stereocenters. The van der Waals surface area contributed by atoms with Gasteiger partial charge in [0, 0.05) is 35.9 Å². The SMILES string of the molecule is O=C(Nc1nc(NC(=O)c2ccncc2)n(-c2ccccc2)n1)c1ccncc1. The van der Waals surface area contributed by atoms with Crippen molar-refractivity contribution in [1.29, 1.82) is 0 Å². The van der Waals surface area contributed by atoms with Crippen molar-refractivity contribution in [1.82, 2.24) is 24.7 Å². The van der Waals surface area contributed by atoms with Crippen LogP contribution >= 0.6 is 0 Å². The van der Waals surface area contributed by atoms with E-state index < -0.39 is 0 Å². The highest BCUT2D eigenvalue weighted by Crippen LogP contribution is 2.17. The molecular weight excluding hydrogens is 370 g/mol. The number of rotatable bonds is 5. The Morgan fingerprint density at radius 1 is 0.724 bits per heavy atom. The van der Waals surface area contributed by atoms with Crippen LogP contribution in [0.15, 0.2) is 79.4 Å². The second-order valence-corrected chi connectivity index (χ2v) is 5.89. The number of amides is 2. The first kappa shape index (κ1) is 18.0. The minimum absolute atomic E-state index is 0.0562. The second kappa shape index (κ2) is 8.09. The second-order valence-electron chi connectivity index (χ2n) is 5.89. The van der Waals surface area contributed by atoms with E-state index in [1.165, 1.54) is 29.5 Å². The Balaban J connectivity index is 1.64. The highest BCUT2D eigenvalue weighted by molar-refractivity contribution is 6.04. The molecule has 0 aliphatic carbocycles. The molecule has 0 saturated heterocycles.